The predicted octanol–water partition coefficient (Wildman–Crippen LogP) is 4.31. The molecule has 41 heavy (non-hydrogen) atoms. The molecule has 3 amide bonds. The molecule has 2 aromatic carbocycles. The van der Waals surface area contributed by atoms with E-state index in [2.05, 4.69) is 15.6 Å². The molecule has 1 atom stereocenters. The summed E-state index contributed by atoms with van der Waals surface area (Å²) in [6.45, 7) is 3.37. The summed E-state index contributed by atoms with van der Waals surface area (Å²) in [5.74, 6) is -0.299. The lowest BCUT2D eigenvalue weighted by Crippen LogP contribution is -2.52. The average molecular weight is 576 g/mol. The van der Waals surface area contributed by atoms with E-state index >= 15 is 0 Å². The van der Waals surface area contributed by atoms with Crippen LogP contribution in [0.25, 0.3) is 11.1 Å². The molecule has 0 saturated carbocycles. The Balaban J connectivity index is 0.986. The van der Waals surface area contributed by atoms with Crippen LogP contribution in [0, 0.1) is 11.7 Å². The Bertz CT molecular complexity index is 1490. The minimum absolute atomic E-state index is 0.161. The molecule has 1 aromatic heterocycles. The third-order valence-electron chi connectivity index (χ3n) is 8.26. The molecule has 10 heteroatoms. The van der Waals surface area contributed by atoms with Gasteiger partial charge in [-0.1, -0.05) is 35.9 Å². The van der Waals surface area contributed by atoms with Crippen molar-refractivity contribution in [2.75, 3.05) is 24.5 Å². The van der Waals surface area contributed by atoms with Crippen molar-refractivity contribution < 1.29 is 18.8 Å². The lowest BCUT2D eigenvalue weighted by atomic mass is 9.96. The quantitative estimate of drug-likeness (QED) is 0.408. The normalized spacial score (nSPS) is 19.5. The van der Waals surface area contributed by atoms with E-state index in [1.165, 1.54) is 6.07 Å². The third-order valence-corrected chi connectivity index (χ3v) is 8.52. The first-order chi connectivity index (χ1) is 19.9. The van der Waals surface area contributed by atoms with Crippen molar-refractivity contribution in [1.29, 1.82) is 0 Å². The summed E-state index contributed by atoms with van der Waals surface area (Å²) in [6, 6.07) is 14.0. The van der Waals surface area contributed by atoms with Crippen LogP contribution in [0.3, 0.4) is 0 Å². The van der Waals surface area contributed by atoms with Crippen LogP contribution in [0.2, 0.25) is 5.02 Å². The number of amides is 3. The first-order valence-electron chi connectivity index (χ1n) is 14.0. The average Bonchev–Trinajstić information content (AvgIpc) is 3.29. The van der Waals surface area contributed by atoms with Crippen LogP contribution in [-0.4, -0.2) is 53.3 Å². The number of carbonyl (C=O) groups excluding carboxylic acids is 3. The Kier molecular flexibility index (Phi) is 7.73. The number of nitrogens with zero attached hydrogens (tertiary/aromatic N) is 3. The zero-order valence-corrected chi connectivity index (χ0v) is 23.3. The fourth-order valence-electron chi connectivity index (χ4n) is 5.97. The predicted molar refractivity (Wildman–Crippen MR) is 154 cm³/mol. The number of imide groups is 1. The number of hydrogen-bond donors (Lipinski definition) is 2. The fourth-order valence-corrected chi connectivity index (χ4v) is 6.10. The molecule has 0 spiro atoms. The maximum absolute atomic E-state index is 15.0. The van der Waals surface area contributed by atoms with Gasteiger partial charge in [-0.15, -0.1) is 0 Å². The fraction of sp³-hybridized carbons (Fsp3) is 0.355. The Hall–Kier alpha value is -3.82. The number of aromatic nitrogens is 1. The third kappa shape index (κ3) is 5.83. The van der Waals surface area contributed by atoms with E-state index in [0.29, 0.717) is 41.8 Å². The van der Waals surface area contributed by atoms with Gasteiger partial charge in [-0.05, 0) is 72.7 Å². The van der Waals surface area contributed by atoms with E-state index in [1.54, 1.807) is 23.2 Å². The first kappa shape index (κ1) is 27.4. The molecule has 0 bridgehead atoms. The Labute approximate surface area is 242 Å². The van der Waals surface area contributed by atoms with Gasteiger partial charge < -0.3 is 15.1 Å². The number of anilines is 1. The molecule has 3 aromatic rings. The van der Waals surface area contributed by atoms with Crippen LogP contribution in [-0.2, 0) is 22.7 Å². The topological polar surface area (TPSA) is 94.6 Å². The smallest absolute Gasteiger partial charge is 0.255 e. The lowest BCUT2D eigenvalue weighted by Gasteiger charge is -2.33. The summed E-state index contributed by atoms with van der Waals surface area (Å²) >= 11 is 5.96. The van der Waals surface area contributed by atoms with Crippen molar-refractivity contribution >= 4 is 35.1 Å². The molecule has 8 nitrogen and oxygen atoms in total. The molecule has 1 unspecified atom stereocenters. The molecule has 0 radical (unpaired) electrons. The summed E-state index contributed by atoms with van der Waals surface area (Å²) in [4.78, 5) is 44.7. The van der Waals surface area contributed by atoms with Crippen molar-refractivity contribution in [3.8, 4) is 11.1 Å². The number of hydrogen-bond acceptors (Lipinski definition) is 6. The van der Waals surface area contributed by atoms with E-state index in [-0.39, 0.29) is 24.1 Å². The summed E-state index contributed by atoms with van der Waals surface area (Å²) in [5, 5.41) is 6.51. The van der Waals surface area contributed by atoms with Crippen molar-refractivity contribution in [1.82, 2.24) is 20.5 Å². The second-order valence-electron chi connectivity index (χ2n) is 11.0. The molecule has 2 fully saturated rings. The number of carbonyl (C=O) groups is 3. The second kappa shape index (κ2) is 11.6. The van der Waals surface area contributed by atoms with Gasteiger partial charge in [0.2, 0.25) is 11.8 Å². The largest absolute Gasteiger partial charge is 0.354 e. The number of benzene rings is 2. The molecule has 6 rings (SSSR count). The van der Waals surface area contributed by atoms with Gasteiger partial charge in [-0.2, -0.15) is 0 Å². The SMILES string of the molecule is O=C1CCC(N2Cc3cc(CNCC4CCN(c5ncc(-c6ccc(Cl)cc6)cc5F)CC4)ccc3C2=O)C(=O)N1. The zero-order valence-electron chi connectivity index (χ0n) is 22.5. The molecule has 212 valence electrons. The van der Waals surface area contributed by atoms with Gasteiger partial charge in [0.1, 0.15) is 6.04 Å². The van der Waals surface area contributed by atoms with Crippen LogP contribution in [0.4, 0.5) is 10.2 Å². The summed E-state index contributed by atoms with van der Waals surface area (Å²) in [6.07, 6.45) is 4.19. The molecular weight excluding hydrogens is 545 g/mol. The van der Waals surface area contributed by atoms with Gasteiger partial charge in [0.15, 0.2) is 11.6 Å². The van der Waals surface area contributed by atoms with E-state index in [9.17, 15) is 18.8 Å². The van der Waals surface area contributed by atoms with Crippen molar-refractivity contribution in [2.24, 2.45) is 5.92 Å². The number of rotatable bonds is 7. The number of piperidine rings is 2. The molecular formula is C31H31ClFN5O3. The molecule has 3 aliphatic rings. The van der Waals surface area contributed by atoms with Gasteiger partial charge in [0, 0.05) is 54.9 Å². The Morgan fingerprint density at radius 3 is 2.51 bits per heavy atom. The highest BCUT2D eigenvalue weighted by Crippen LogP contribution is 2.30. The van der Waals surface area contributed by atoms with Gasteiger partial charge in [-0.3, -0.25) is 19.7 Å². The minimum Gasteiger partial charge on any atom is -0.354 e. The lowest BCUT2D eigenvalue weighted by molar-refractivity contribution is -0.136. The number of nitrogens with one attached hydrogen (secondary N) is 2. The van der Waals surface area contributed by atoms with Gasteiger partial charge in [0.05, 0.1) is 0 Å². The highest BCUT2D eigenvalue weighted by molar-refractivity contribution is 6.30. The maximum atomic E-state index is 15.0. The highest BCUT2D eigenvalue weighted by Gasteiger charge is 2.39. The molecule has 0 aliphatic carbocycles. The number of halogens is 2. The molecule has 2 saturated heterocycles. The first-order valence-corrected chi connectivity index (χ1v) is 14.4. The zero-order chi connectivity index (χ0) is 28.5. The van der Waals surface area contributed by atoms with E-state index in [1.807, 2.05) is 35.2 Å². The Morgan fingerprint density at radius 2 is 1.78 bits per heavy atom. The Morgan fingerprint density at radius 1 is 1.00 bits per heavy atom. The van der Waals surface area contributed by atoms with Crippen molar-refractivity contribution in [3.05, 3.63) is 82.3 Å². The van der Waals surface area contributed by atoms with Crippen LogP contribution in [0.1, 0.15) is 47.2 Å². The standard InChI is InChI=1S/C31H31ClFN5O3/c32-24-4-2-21(3-5-24)22-14-26(33)29(35-17-22)37-11-9-19(10-12-37)15-34-16-20-1-6-25-23(13-20)18-38(31(25)41)27-7-8-28(39)36-30(27)40/h1-6,13-14,17,19,27,34H,7-12,15-16,18H2,(H,36,39,40). The van der Waals surface area contributed by atoms with Gasteiger partial charge in [-0.25, -0.2) is 9.37 Å². The van der Waals surface area contributed by atoms with E-state index in [0.717, 1.165) is 54.7 Å². The van der Waals surface area contributed by atoms with Gasteiger partial charge >= 0.3 is 0 Å². The van der Waals surface area contributed by atoms with Gasteiger partial charge in [0.25, 0.3) is 5.91 Å². The molecule has 4 heterocycles. The van der Waals surface area contributed by atoms with Crippen LogP contribution >= 0.6 is 11.6 Å². The second-order valence-corrected chi connectivity index (χ2v) is 11.4. The summed E-state index contributed by atoms with van der Waals surface area (Å²) in [5.41, 5.74) is 4.20. The number of pyridine rings is 1. The minimum atomic E-state index is -0.606. The molecule has 2 N–H and O–H groups in total. The number of fused-ring (bicyclic) bond motifs is 1. The maximum Gasteiger partial charge on any atom is 0.255 e. The van der Waals surface area contributed by atoms with E-state index < -0.39 is 11.9 Å². The summed E-state index contributed by atoms with van der Waals surface area (Å²) < 4.78 is 15.0. The van der Waals surface area contributed by atoms with Crippen LogP contribution in [0.5, 0.6) is 0 Å². The van der Waals surface area contributed by atoms with E-state index in [4.69, 9.17) is 11.6 Å². The van der Waals surface area contributed by atoms with Crippen molar-refractivity contribution in [2.45, 2.75) is 44.8 Å². The van der Waals surface area contributed by atoms with Crippen LogP contribution < -0.4 is 15.5 Å². The molecule has 3 aliphatic heterocycles. The monoisotopic (exact) mass is 575 g/mol. The van der Waals surface area contributed by atoms with Crippen molar-refractivity contribution in [3.63, 3.8) is 0 Å². The highest BCUT2D eigenvalue weighted by atomic mass is 35.5. The van der Waals surface area contributed by atoms with Crippen LogP contribution in [0.15, 0.2) is 54.7 Å². The summed E-state index contributed by atoms with van der Waals surface area (Å²) in [7, 11) is 0.